The summed E-state index contributed by atoms with van der Waals surface area (Å²) in [4.78, 5) is 0. The molecule has 0 bridgehead atoms. The minimum Gasteiger partial charge on any atom is -0.492 e. The molecule has 0 aliphatic heterocycles. The van der Waals surface area contributed by atoms with Gasteiger partial charge in [-0.2, -0.15) is 0 Å². The Kier molecular flexibility index (Phi) is 4.06. The van der Waals surface area contributed by atoms with E-state index in [1.165, 1.54) is 30.4 Å². The second-order valence-electron chi connectivity index (χ2n) is 5.23. The van der Waals surface area contributed by atoms with Crippen LogP contribution in [0.3, 0.4) is 0 Å². The molecule has 2 nitrogen and oxygen atoms in total. The monoisotopic (exact) mass is 233 g/mol. The van der Waals surface area contributed by atoms with Crippen molar-refractivity contribution >= 4 is 0 Å². The fourth-order valence-corrected chi connectivity index (χ4v) is 2.43. The van der Waals surface area contributed by atoms with Crippen LogP contribution in [0.4, 0.5) is 0 Å². The molecule has 0 fully saturated rings. The number of hydrogen-bond acceptors (Lipinski definition) is 2. The van der Waals surface area contributed by atoms with E-state index in [2.05, 4.69) is 37.4 Å². The molecule has 0 radical (unpaired) electrons. The Morgan fingerprint density at radius 1 is 1.24 bits per heavy atom. The highest BCUT2D eigenvalue weighted by Gasteiger charge is 2.14. The van der Waals surface area contributed by atoms with Crippen LogP contribution in [0.2, 0.25) is 0 Å². The van der Waals surface area contributed by atoms with Gasteiger partial charge in [0.1, 0.15) is 12.4 Å². The van der Waals surface area contributed by atoms with E-state index in [0.717, 1.165) is 12.4 Å². The van der Waals surface area contributed by atoms with Crippen LogP contribution < -0.4 is 10.1 Å². The third kappa shape index (κ3) is 3.01. The summed E-state index contributed by atoms with van der Waals surface area (Å²) < 4.78 is 5.88. The molecule has 0 heterocycles. The van der Waals surface area contributed by atoms with Crippen molar-refractivity contribution in [3.8, 4) is 5.75 Å². The zero-order valence-corrected chi connectivity index (χ0v) is 11.1. The van der Waals surface area contributed by atoms with Gasteiger partial charge in [-0.1, -0.05) is 19.9 Å². The van der Waals surface area contributed by atoms with Crippen molar-refractivity contribution < 1.29 is 4.74 Å². The average Bonchev–Trinajstić information content (AvgIpc) is 2.76. The van der Waals surface area contributed by atoms with E-state index in [-0.39, 0.29) is 0 Å². The summed E-state index contributed by atoms with van der Waals surface area (Å²) in [5.74, 6) is 1.61. The Morgan fingerprint density at radius 2 is 2.00 bits per heavy atom. The van der Waals surface area contributed by atoms with Gasteiger partial charge in [0.15, 0.2) is 0 Å². The van der Waals surface area contributed by atoms with Gasteiger partial charge in [0.05, 0.1) is 0 Å². The largest absolute Gasteiger partial charge is 0.492 e. The molecular formula is C15H23NO. The summed E-state index contributed by atoms with van der Waals surface area (Å²) in [6, 6.07) is 6.97. The molecule has 0 amide bonds. The van der Waals surface area contributed by atoms with E-state index in [9.17, 15) is 0 Å². The van der Waals surface area contributed by atoms with Crippen LogP contribution in [0.5, 0.6) is 5.75 Å². The summed E-state index contributed by atoms with van der Waals surface area (Å²) in [6.07, 6.45) is 3.75. The van der Waals surface area contributed by atoms with E-state index in [4.69, 9.17) is 4.74 Å². The zero-order chi connectivity index (χ0) is 12.3. The molecule has 0 spiro atoms. The predicted octanol–water partition coefficient (Wildman–Crippen LogP) is 2.80. The summed E-state index contributed by atoms with van der Waals surface area (Å²) in [5.41, 5.74) is 2.99. The Morgan fingerprint density at radius 3 is 2.71 bits per heavy atom. The molecule has 17 heavy (non-hydrogen) atoms. The first-order valence-electron chi connectivity index (χ1n) is 6.62. The first-order chi connectivity index (χ1) is 8.20. The van der Waals surface area contributed by atoms with Crippen LogP contribution in [0.1, 0.15) is 31.4 Å². The first kappa shape index (κ1) is 12.4. The number of rotatable bonds is 5. The molecule has 0 aromatic heterocycles. The lowest BCUT2D eigenvalue weighted by atomic mass is 10.1. The number of hydrogen-bond donors (Lipinski definition) is 1. The maximum atomic E-state index is 5.88. The van der Waals surface area contributed by atoms with Crippen molar-refractivity contribution in [2.24, 2.45) is 5.92 Å². The molecule has 0 saturated heterocycles. The third-order valence-electron chi connectivity index (χ3n) is 3.68. The SMILES string of the molecule is CNC(COc1ccc2c(c1)CCC2)C(C)C. The fourth-order valence-electron chi connectivity index (χ4n) is 2.43. The lowest BCUT2D eigenvalue weighted by Crippen LogP contribution is -2.36. The molecule has 2 heteroatoms. The molecule has 94 valence electrons. The van der Waals surface area contributed by atoms with Crippen LogP contribution in [-0.4, -0.2) is 19.7 Å². The van der Waals surface area contributed by atoms with Crippen LogP contribution in [0.25, 0.3) is 0 Å². The molecule has 1 aromatic carbocycles. The summed E-state index contributed by atoms with van der Waals surface area (Å²) in [7, 11) is 2.00. The maximum absolute atomic E-state index is 5.88. The average molecular weight is 233 g/mol. The molecule has 1 atom stereocenters. The molecule has 2 rings (SSSR count). The molecule has 1 unspecified atom stereocenters. The van der Waals surface area contributed by atoms with Crippen molar-refractivity contribution in [3.63, 3.8) is 0 Å². The normalized spacial score (nSPS) is 16.0. The highest BCUT2D eigenvalue weighted by molar-refractivity contribution is 5.38. The minimum absolute atomic E-state index is 0.420. The van der Waals surface area contributed by atoms with Gasteiger partial charge in [-0.25, -0.2) is 0 Å². The third-order valence-corrected chi connectivity index (χ3v) is 3.68. The van der Waals surface area contributed by atoms with Crippen LogP contribution in [0.15, 0.2) is 18.2 Å². The van der Waals surface area contributed by atoms with Gasteiger partial charge in [0.2, 0.25) is 0 Å². The number of nitrogens with one attached hydrogen (secondary N) is 1. The quantitative estimate of drug-likeness (QED) is 0.844. The minimum atomic E-state index is 0.420. The van der Waals surface area contributed by atoms with Crippen LogP contribution >= 0.6 is 0 Å². The lowest BCUT2D eigenvalue weighted by Gasteiger charge is -2.20. The van der Waals surface area contributed by atoms with Crippen molar-refractivity contribution in [1.82, 2.24) is 5.32 Å². The fraction of sp³-hybridized carbons (Fsp3) is 0.600. The van der Waals surface area contributed by atoms with E-state index < -0.39 is 0 Å². The molecular weight excluding hydrogens is 210 g/mol. The second kappa shape index (κ2) is 5.54. The molecule has 0 saturated carbocycles. The molecule has 1 N–H and O–H groups in total. The first-order valence-corrected chi connectivity index (χ1v) is 6.62. The molecule has 1 aromatic rings. The predicted molar refractivity (Wildman–Crippen MR) is 71.6 cm³/mol. The smallest absolute Gasteiger partial charge is 0.119 e. The van der Waals surface area contributed by atoms with E-state index in [1.807, 2.05) is 7.05 Å². The van der Waals surface area contributed by atoms with E-state index in [0.29, 0.717) is 12.0 Å². The van der Waals surface area contributed by atoms with Crippen LogP contribution in [0, 0.1) is 5.92 Å². The van der Waals surface area contributed by atoms with Gasteiger partial charge in [0.25, 0.3) is 0 Å². The van der Waals surface area contributed by atoms with Crippen molar-refractivity contribution in [1.29, 1.82) is 0 Å². The summed E-state index contributed by atoms with van der Waals surface area (Å²) in [6.45, 7) is 5.17. The van der Waals surface area contributed by atoms with Crippen LogP contribution in [-0.2, 0) is 12.8 Å². The van der Waals surface area contributed by atoms with Gasteiger partial charge < -0.3 is 10.1 Å². The maximum Gasteiger partial charge on any atom is 0.119 e. The highest BCUT2D eigenvalue weighted by Crippen LogP contribution is 2.26. The zero-order valence-electron chi connectivity index (χ0n) is 11.1. The molecule has 1 aliphatic carbocycles. The van der Waals surface area contributed by atoms with Gasteiger partial charge in [-0.15, -0.1) is 0 Å². The topological polar surface area (TPSA) is 21.3 Å². The number of fused-ring (bicyclic) bond motifs is 1. The number of aryl methyl sites for hydroxylation is 2. The molecule has 1 aliphatic rings. The van der Waals surface area contributed by atoms with Gasteiger partial charge >= 0.3 is 0 Å². The van der Waals surface area contributed by atoms with E-state index >= 15 is 0 Å². The Bertz CT molecular complexity index is 373. The van der Waals surface area contributed by atoms with Gasteiger partial charge in [0, 0.05) is 6.04 Å². The van der Waals surface area contributed by atoms with Crippen molar-refractivity contribution in [3.05, 3.63) is 29.3 Å². The Balaban J connectivity index is 1.95. The van der Waals surface area contributed by atoms with Gasteiger partial charge in [-0.3, -0.25) is 0 Å². The van der Waals surface area contributed by atoms with Crippen molar-refractivity contribution in [2.75, 3.05) is 13.7 Å². The Hall–Kier alpha value is -1.02. The highest BCUT2D eigenvalue weighted by atomic mass is 16.5. The number of ether oxygens (including phenoxy) is 1. The number of likely N-dealkylation sites (N-methyl/N-ethyl adjacent to an activating group) is 1. The summed E-state index contributed by atoms with van der Waals surface area (Å²) in [5, 5.41) is 3.30. The number of benzene rings is 1. The lowest BCUT2D eigenvalue weighted by molar-refractivity contribution is 0.238. The second-order valence-corrected chi connectivity index (χ2v) is 5.23. The summed E-state index contributed by atoms with van der Waals surface area (Å²) >= 11 is 0. The Labute approximate surface area is 104 Å². The van der Waals surface area contributed by atoms with E-state index in [1.54, 1.807) is 0 Å². The standard InChI is InChI=1S/C15H23NO/c1-11(2)15(16-3)10-17-14-8-7-12-5-4-6-13(12)9-14/h7-9,11,15-16H,4-6,10H2,1-3H3. The van der Waals surface area contributed by atoms with Gasteiger partial charge in [-0.05, 0) is 55.5 Å². The van der Waals surface area contributed by atoms with Crippen molar-refractivity contribution in [2.45, 2.75) is 39.2 Å².